The molecule has 0 aromatic heterocycles. The summed E-state index contributed by atoms with van der Waals surface area (Å²) in [6, 6.07) is -1.48. The van der Waals surface area contributed by atoms with Crippen molar-refractivity contribution in [2.75, 3.05) is 26.4 Å². The Hall–Kier alpha value is -2.85. The highest BCUT2D eigenvalue weighted by molar-refractivity contribution is 7.47. The number of nitrogens with two attached hydrogens (primary N) is 1. The minimum Gasteiger partial charge on any atom is -0.480 e. The number of carbonyl (C=O) groups is 2. The van der Waals surface area contributed by atoms with Crippen LogP contribution >= 0.6 is 7.82 Å². The van der Waals surface area contributed by atoms with E-state index in [4.69, 9.17) is 29.4 Å². The van der Waals surface area contributed by atoms with Crippen molar-refractivity contribution in [3.05, 3.63) is 85.1 Å². The molecule has 0 aliphatic rings. The van der Waals surface area contributed by atoms with Gasteiger partial charge in [0, 0.05) is 13.0 Å². The maximum absolute atomic E-state index is 12.7. The zero-order chi connectivity index (χ0) is 50.4. The highest BCUT2D eigenvalue weighted by atomic mass is 31.2. The van der Waals surface area contributed by atoms with Crippen molar-refractivity contribution in [1.29, 1.82) is 0 Å². The van der Waals surface area contributed by atoms with Gasteiger partial charge < -0.3 is 25.2 Å². The van der Waals surface area contributed by atoms with Gasteiger partial charge in [0.25, 0.3) is 0 Å². The number of phosphoric acid groups is 1. The van der Waals surface area contributed by atoms with Gasteiger partial charge in [0.05, 0.1) is 19.8 Å². The molecule has 0 aliphatic heterocycles. The zero-order valence-electron chi connectivity index (χ0n) is 43.9. The van der Waals surface area contributed by atoms with E-state index in [-0.39, 0.29) is 13.0 Å². The lowest BCUT2D eigenvalue weighted by Crippen LogP contribution is -2.34. The largest absolute Gasteiger partial charge is 0.480 e. The number of carboxylic acid groups (broad SMARTS) is 1. The third kappa shape index (κ3) is 52.8. The molecule has 0 amide bonds. The van der Waals surface area contributed by atoms with E-state index in [2.05, 4.69) is 98.9 Å². The lowest BCUT2D eigenvalue weighted by molar-refractivity contribution is -0.154. The SMILES string of the molecule is CC/C=C\C/C=C\C/C=C\C/C=C\CCCCCCCCCCCCCOCC(COP(=O)(O)OCC(N)C(=O)O)OC(=O)CCCCCCCCCC/C=C\C/C=C\C/C=C\CCCCCCC. The van der Waals surface area contributed by atoms with Crippen molar-refractivity contribution in [3.63, 3.8) is 0 Å². The Morgan fingerprint density at radius 1 is 0.478 bits per heavy atom. The highest BCUT2D eigenvalue weighted by Gasteiger charge is 2.27. The van der Waals surface area contributed by atoms with E-state index in [1.165, 1.54) is 122 Å². The fourth-order valence-electron chi connectivity index (χ4n) is 7.43. The lowest BCUT2D eigenvalue weighted by atomic mass is 10.1. The van der Waals surface area contributed by atoms with E-state index in [1.807, 2.05) is 0 Å². The fourth-order valence-corrected chi connectivity index (χ4v) is 8.20. The first kappa shape index (κ1) is 66.2. The molecule has 0 aromatic carbocycles. The zero-order valence-corrected chi connectivity index (χ0v) is 44.8. The van der Waals surface area contributed by atoms with Crippen LogP contribution in [0.1, 0.15) is 232 Å². The maximum Gasteiger partial charge on any atom is 0.472 e. The molecule has 0 spiro atoms. The van der Waals surface area contributed by atoms with Crippen LogP contribution in [0.4, 0.5) is 0 Å². The minimum absolute atomic E-state index is 0.00782. The molecule has 4 N–H and O–H groups in total. The van der Waals surface area contributed by atoms with Crippen LogP contribution in [0.3, 0.4) is 0 Å². The summed E-state index contributed by atoms with van der Waals surface area (Å²) >= 11 is 0. The summed E-state index contributed by atoms with van der Waals surface area (Å²) in [7, 11) is -4.63. The number of esters is 1. The summed E-state index contributed by atoms with van der Waals surface area (Å²) in [5.74, 6) is -1.79. The number of allylic oxidation sites excluding steroid dienone is 14. The first-order valence-corrected chi connectivity index (χ1v) is 29.1. The van der Waals surface area contributed by atoms with E-state index < -0.39 is 45.1 Å². The van der Waals surface area contributed by atoms with Gasteiger partial charge >= 0.3 is 19.8 Å². The van der Waals surface area contributed by atoms with Crippen LogP contribution in [-0.4, -0.2) is 60.5 Å². The number of hydrogen-bond donors (Lipinski definition) is 3. The molecule has 0 radical (unpaired) electrons. The van der Waals surface area contributed by atoms with Gasteiger partial charge in [-0.1, -0.05) is 221 Å². The number of unbranched alkanes of at least 4 members (excludes halogenated alkanes) is 24. The van der Waals surface area contributed by atoms with Crippen molar-refractivity contribution in [2.45, 2.75) is 244 Å². The summed E-state index contributed by atoms with van der Waals surface area (Å²) < 4.78 is 33.6. The number of hydrogen-bond acceptors (Lipinski definition) is 8. The summed E-state index contributed by atoms with van der Waals surface area (Å²) in [6.45, 7) is 3.76. The molecule has 0 bridgehead atoms. The normalized spacial score (nSPS) is 14.3. The molecule has 398 valence electrons. The second-order valence-electron chi connectivity index (χ2n) is 18.3. The standard InChI is InChI=1S/C58H102NO9P/c1-3-5-7-9-11-13-15-17-19-21-23-25-27-29-31-33-35-37-39-41-43-45-47-49-51-65-52-55(53-66-69(63,64)67-54-56(59)58(61)62)68-57(60)50-48-46-44-42-40-38-36-34-32-30-28-26-24-22-20-18-16-14-12-10-8-6-4-2/h5,7,11,13,16-19,22-25,28,30,55-56H,3-4,6,8-10,12,14-15,20-21,26-27,29,31-54,59H2,1-2H3,(H,61,62)(H,63,64)/b7-5-,13-11-,18-16-,19-17-,24-22-,25-23-,30-28-. The second-order valence-corrected chi connectivity index (χ2v) is 19.8. The smallest absolute Gasteiger partial charge is 0.472 e. The van der Waals surface area contributed by atoms with E-state index in [1.54, 1.807) is 0 Å². The molecule has 0 saturated heterocycles. The Labute approximate surface area is 422 Å². The molecule has 11 heteroatoms. The number of carboxylic acids is 1. The average Bonchev–Trinajstić information content (AvgIpc) is 3.33. The number of phosphoric ester groups is 1. The van der Waals surface area contributed by atoms with Gasteiger partial charge in [-0.05, 0) is 89.9 Å². The van der Waals surface area contributed by atoms with E-state index in [9.17, 15) is 19.0 Å². The van der Waals surface area contributed by atoms with Crippen LogP contribution < -0.4 is 5.73 Å². The molecule has 69 heavy (non-hydrogen) atoms. The summed E-state index contributed by atoms with van der Waals surface area (Å²) in [4.78, 5) is 33.8. The number of carbonyl (C=O) groups excluding carboxylic acids is 1. The highest BCUT2D eigenvalue weighted by Crippen LogP contribution is 2.43. The molecule has 10 nitrogen and oxygen atoms in total. The van der Waals surface area contributed by atoms with E-state index in [0.717, 1.165) is 83.5 Å². The number of rotatable bonds is 52. The van der Waals surface area contributed by atoms with Crippen LogP contribution in [-0.2, 0) is 32.7 Å². The average molecular weight is 988 g/mol. The molecule has 0 aromatic rings. The van der Waals surface area contributed by atoms with E-state index in [0.29, 0.717) is 13.0 Å². The third-order valence-electron chi connectivity index (χ3n) is 11.7. The Morgan fingerprint density at radius 3 is 1.26 bits per heavy atom. The Balaban J connectivity index is 4.14. The van der Waals surface area contributed by atoms with Gasteiger partial charge in [-0.25, -0.2) is 4.57 Å². The van der Waals surface area contributed by atoms with E-state index >= 15 is 0 Å². The first-order valence-electron chi connectivity index (χ1n) is 27.6. The van der Waals surface area contributed by atoms with Gasteiger partial charge in [0.1, 0.15) is 12.1 Å². The van der Waals surface area contributed by atoms with Crippen LogP contribution in [0.15, 0.2) is 85.1 Å². The molecule has 0 aliphatic carbocycles. The minimum atomic E-state index is -4.63. The fraction of sp³-hybridized carbons (Fsp3) is 0.724. The Morgan fingerprint density at radius 2 is 0.841 bits per heavy atom. The van der Waals surface area contributed by atoms with Crippen molar-refractivity contribution >= 4 is 19.8 Å². The lowest BCUT2D eigenvalue weighted by Gasteiger charge is -2.20. The second kappa shape index (κ2) is 53.0. The molecular weight excluding hydrogens is 886 g/mol. The summed E-state index contributed by atoms with van der Waals surface area (Å²) in [5, 5.41) is 8.95. The van der Waals surface area contributed by atoms with Gasteiger partial charge in [-0.2, -0.15) is 0 Å². The third-order valence-corrected chi connectivity index (χ3v) is 12.6. The van der Waals surface area contributed by atoms with Gasteiger partial charge in [-0.15, -0.1) is 0 Å². The van der Waals surface area contributed by atoms with Crippen LogP contribution in [0.25, 0.3) is 0 Å². The van der Waals surface area contributed by atoms with Crippen LogP contribution in [0, 0.1) is 0 Å². The van der Waals surface area contributed by atoms with Crippen LogP contribution in [0.5, 0.6) is 0 Å². The molecule has 0 fully saturated rings. The van der Waals surface area contributed by atoms with Crippen molar-refractivity contribution in [2.24, 2.45) is 5.73 Å². The quantitative estimate of drug-likeness (QED) is 0.0232. The van der Waals surface area contributed by atoms with Gasteiger partial charge in [-0.3, -0.25) is 18.6 Å². The van der Waals surface area contributed by atoms with Crippen molar-refractivity contribution in [1.82, 2.24) is 0 Å². The number of ether oxygens (including phenoxy) is 2. The van der Waals surface area contributed by atoms with Gasteiger partial charge in [0.15, 0.2) is 0 Å². The predicted octanol–water partition coefficient (Wildman–Crippen LogP) is 16.7. The van der Waals surface area contributed by atoms with Gasteiger partial charge in [0.2, 0.25) is 0 Å². The number of aliphatic carboxylic acids is 1. The molecular formula is C58H102NO9P. The Bertz CT molecular complexity index is 1420. The predicted molar refractivity (Wildman–Crippen MR) is 290 cm³/mol. The van der Waals surface area contributed by atoms with Crippen LogP contribution in [0.2, 0.25) is 0 Å². The topological polar surface area (TPSA) is 155 Å². The summed E-state index contributed by atoms with van der Waals surface area (Å²) in [6.07, 6.45) is 69.3. The van der Waals surface area contributed by atoms with Crippen molar-refractivity contribution < 1.29 is 42.7 Å². The maximum atomic E-state index is 12.7. The molecule has 0 rings (SSSR count). The first-order chi connectivity index (χ1) is 33.7. The van der Waals surface area contributed by atoms with Crippen molar-refractivity contribution in [3.8, 4) is 0 Å². The molecule has 0 heterocycles. The molecule has 0 saturated carbocycles. The Kier molecular flexibility index (Phi) is 50.8. The molecule has 3 atom stereocenters. The molecule has 3 unspecified atom stereocenters. The summed E-state index contributed by atoms with van der Waals surface area (Å²) in [5.41, 5.74) is 5.38. The monoisotopic (exact) mass is 988 g/mol.